The molecule has 0 spiro atoms. The molecule has 1 aliphatic carbocycles. The number of aryl methyl sites for hydroxylation is 2. The Morgan fingerprint density at radius 3 is 1.38 bits per heavy atom. The Morgan fingerprint density at radius 2 is 0.973 bits per heavy atom. The largest absolute Gasteiger partial charge is 0.491 e. The molecule has 0 aromatic heterocycles. The summed E-state index contributed by atoms with van der Waals surface area (Å²) in [7, 11) is 3.38. The van der Waals surface area contributed by atoms with Crippen LogP contribution in [0.1, 0.15) is 33.4 Å². The number of hydrogen-bond donors (Lipinski definition) is 0. The van der Waals surface area contributed by atoms with Crippen LogP contribution in [-0.2, 0) is 14.9 Å². The topological polar surface area (TPSA) is 36.9 Å². The molecule has 0 amide bonds. The molecular formula is C33H34O4. The zero-order chi connectivity index (χ0) is 25.8. The molecule has 0 aliphatic heterocycles. The van der Waals surface area contributed by atoms with Crippen LogP contribution >= 0.6 is 0 Å². The Balaban J connectivity index is 1.71. The van der Waals surface area contributed by atoms with Gasteiger partial charge in [-0.25, -0.2) is 0 Å². The van der Waals surface area contributed by atoms with E-state index in [9.17, 15) is 0 Å². The highest BCUT2D eigenvalue weighted by molar-refractivity contribution is 5.86. The summed E-state index contributed by atoms with van der Waals surface area (Å²) in [6, 6.07) is 30.7. The van der Waals surface area contributed by atoms with Gasteiger partial charge in [0, 0.05) is 14.2 Å². The monoisotopic (exact) mass is 494 g/mol. The van der Waals surface area contributed by atoms with Crippen molar-refractivity contribution < 1.29 is 18.9 Å². The fourth-order valence-electron chi connectivity index (χ4n) is 5.58. The second-order valence-electron chi connectivity index (χ2n) is 9.48. The average molecular weight is 495 g/mol. The molecule has 4 nitrogen and oxygen atoms in total. The van der Waals surface area contributed by atoms with Crippen LogP contribution in [0.25, 0.3) is 11.1 Å². The predicted octanol–water partition coefficient (Wildman–Crippen LogP) is 6.72. The van der Waals surface area contributed by atoms with E-state index in [4.69, 9.17) is 18.9 Å². The van der Waals surface area contributed by atoms with Gasteiger partial charge in [0.1, 0.15) is 24.7 Å². The molecule has 0 fully saturated rings. The molecule has 4 heteroatoms. The van der Waals surface area contributed by atoms with E-state index in [-0.39, 0.29) is 0 Å². The van der Waals surface area contributed by atoms with E-state index in [1.165, 1.54) is 33.4 Å². The lowest BCUT2D eigenvalue weighted by Crippen LogP contribution is -2.29. The number of hydrogen-bond acceptors (Lipinski definition) is 4. The average Bonchev–Trinajstić information content (AvgIpc) is 3.22. The molecule has 0 heterocycles. The number of fused-ring (bicyclic) bond motifs is 3. The Hall–Kier alpha value is -3.60. The minimum absolute atomic E-state index is 0.459. The van der Waals surface area contributed by atoms with E-state index in [1.54, 1.807) is 14.2 Å². The van der Waals surface area contributed by atoms with E-state index in [0.29, 0.717) is 26.4 Å². The quantitative estimate of drug-likeness (QED) is 0.202. The minimum Gasteiger partial charge on any atom is -0.491 e. The van der Waals surface area contributed by atoms with E-state index < -0.39 is 5.41 Å². The standard InChI is InChI=1S/C33H34O4/c1-23-21-25(13-15-31(23)36-19-17-34-3)33(26-14-16-32(24(2)22-26)37-20-18-35-4)29-11-7-5-9-27(29)28-10-6-8-12-30(28)33/h5-16,21-22H,17-20H2,1-4H3. The van der Waals surface area contributed by atoms with Gasteiger partial charge in [-0.2, -0.15) is 0 Å². The lowest BCUT2D eigenvalue weighted by molar-refractivity contribution is 0.146. The Bertz CT molecular complexity index is 1280. The maximum atomic E-state index is 6.00. The molecule has 190 valence electrons. The van der Waals surface area contributed by atoms with Crippen LogP contribution in [0.15, 0.2) is 84.9 Å². The SMILES string of the molecule is COCCOc1ccc(C2(c3ccc(OCCOC)c(C)c3)c3ccccc3-c3ccccc32)cc1C. The van der Waals surface area contributed by atoms with Crippen molar-refractivity contribution in [3.05, 3.63) is 118 Å². The minimum atomic E-state index is -0.459. The highest BCUT2D eigenvalue weighted by Crippen LogP contribution is 2.56. The van der Waals surface area contributed by atoms with Crippen LogP contribution in [0, 0.1) is 13.8 Å². The van der Waals surface area contributed by atoms with E-state index in [2.05, 4.69) is 98.8 Å². The molecule has 4 aromatic carbocycles. The van der Waals surface area contributed by atoms with Crippen molar-refractivity contribution in [1.82, 2.24) is 0 Å². The second kappa shape index (κ2) is 10.8. The lowest BCUT2D eigenvalue weighted by atomic mass is 9.67. The molecule has 0 unspecified atom stereocenters. The Labute approximate surface area is 219 Å². The first-order chi connectivity index (χ1) is 18.1. The molecule has 1 aliphatic rings. The molecular weight excluding hydrogens is 460 g/mol. The molecule has 0 radical (unpaired) electrons. The lowest BCUT2D eigenvalue weighted by Gasteiger charge is -2.34. The van der Waals surface area contributed by atoms with Gasteiger partial charge < -0.3 is 18.9 Å². The summed E-state index contributed by atoms with van der Waals surface area (Å²) in [5.74, 6) is 1.77. The summed E-state index contributed by atoms with van der Waals surface area (Å²) >= 11 is 0. The number of benzene rings is 4. The summed E-state index contributed by atoms with van der Waals surface area (Å²) < 4.78 is 22.3. The van der Waals surface area contributed by atoms with Gasteiger partial charge in [0.25, 0.3) is 0 Å². The van der Waals surface area contributed by atoms with Gasteiger partial charge >= 0.3 is 0 Å². The highest BCUT2D eigenvalue weighted by Gasteiger charge is 2.46. The summed E-state index contributed by atoms with van der Waals surface area (Å²) in [6.45, 7) is 6.40. The molecule has 0 N–H and O–H groups in total. The van der Waals surface area contributed by atoms with Gasteiger partial charge in [0.15, 0.2) is 0 Å². The normalized spacial score (nSPS) is 13.2. The molecule has 0 saturated carbocycles. The molecule has 5 rings (SSSR count). The summed E-state index contributed by atoms with van der Waals surface area (Å²) in [6.07, 6.45) is 0. The van der Waals surface area contributed by atoms with Crippen molar-refractivity contribution in [3.63, 3.8) is 0 Å². The molecule has 0 atom stereocenters. The van der Waals surface area contributed by atoms with Crippen LogP contribution in [0.2, 0.25) is 0 Å². The fraction of sp³-hybridized carbons (Fsp3) is 0.273. The van der Waals surface area contributed by atoms with Gasteiger partial charge in [0.2, 0.25) is 0 Å². The smallest absolute Gasteiger partial charge is 0.122 e. The molecule has 37 heavy (non-hydrogen) atoms. The second-order valence-corrected chi connectivity index (χ2v) is 9.48. The van der Waals surface area contributed by atoms with Gasteiger partial charge in [-0.15, -0.1) is 0 Å². The van der Waals surface area contributed by atoms with Crippen LogP contribution in [0.4, 0.5) is 0 Å². The number of ether oxygens (including phenoxy) is 4. The van der Waals surface area contributed by atoms with Crippen LogP contribution < -0.4 is 9.47 Å². The van der Waals surface area contributed by atoms with Crippen LogP contribution in [0.5, 0.6) is 11.5 Å². The van der Waals surface area contributed by atoms with Crippen molar-refractivity contribution >= 4 is 0 Å². The van der Waals surface area contributed by atoms with Gasteiger partial charge in [-0.1, -0.05) is 72.8 Å². The maximum Gasteiger partial charge on any atom is 0.122 e. The van der Waals surface area contributed by atoms with E-state index in [0.717, 1.165) is 22.6 Å². The van der Waals surface area contributed by atoms with Gasteiger partial charge in [-0.05, 0) is 70.5 Å². The summed E-state index contributed by atoms with van der Waals surface area (Å²) in [5.41, 5.74) is 9.30. The van der Waals surface area contributed by atoms with Gasteiger partial charge in [0.05, 0.1) is 18.6 Å². The van der Waals surface area contributed by atoms with Crippen molar-refractivity contribution in [1.29, 1.82) is 0 Å². The maximum absolute atomic E-state index is 6.00. The molecule has 0 saturated heterocycles. The zero-order valence-electron chi connectivity index (χ0n) is 22.0. The zero-order valence-corrected chi connectivity index (χ0v) is 22.0. The summed E-state index contributed by atoms with van der Waals surface area (Å²) in [4.78, 5) is 0. The number of rotatable bonds is 10. The Morgan fingerprint density at radius 1 is 0.541 bits per heavy atom. The first-order valence-electron chi connectivity index (χ1n) is 12.8. The van der Waals surface area contributed by atoms with Gasteiger partial charge in [-0.3, -0.25) is 0 Å². The third-order valence-corrected chi connectivity index (χ3v) is 7.26. The Kier molecular flexibility index (Phi) is 7.31. The fourth-order valence-corrected chi connectivity index (χ4v) is 5.58. The van der Waals surface area contributed by atoms with E-state index >= 15 is 0 Å². The van der Waals surface area contributed by atoms with Crippen LogP contribution in [0.3, 0.4) is 0 Å². The molecule has 0 bridgehead atoms. The third-order valence-electron chi connectivity index (χ3n) is 7.26. The van der Waals surface area contributed by atoms with Crippen LogP contribution in [-0.4, -0.2) is 40.6 Å². The first kappa shape index (κ1) is 25.1. The molecule has 4 aromatic rings. The number of methoxy groups -OCH3 is 2. The predicted molar refractivity (Wildman–Crippen MR) is 148 cm³/mol. The summed E-state index contributed by atoms with van der Waals surface area (Å²) in [5, 5.41) is 0. The first-order valence-corrected chi connectivity index (χ1v) is 12.8. The highest BCUT2D eigenvalue weighted by atomic mass is 16.5. The van der Waals surface area contributed by atoms with Crippen molar-refractivity contribution in [2.75, 3.05) is 40.6 Å². The van der Waals surface area contributed by atoms with Crippen molar-refractivity contribution in [2.24, 2.45) is 0 Å². The van der Waals surface area contributed by atoms with Crippen molar-refractivity contribution in [2.45, 2.75) is 19.3 Å². The van der Waals surface area contributed by atoms with Crippen molar-refractivity contribution in [3.8, 4) is 22.6 Å². The third kappa shape index (κ3) is 4.41. The van der Waals surface area contributed by atoms with E-state index in [1.807, 2.05) is 0 Å².